The lowest BCUT2D eigenvalue weighted by Gasteiger charge is -2.26. The first-order chi connectivity index (χ1) is 22.2. The number of anilines is 2. The molecule has 0 bridgehead atoms. The summed E-state index contributed by atoms with van der Waals surface area (Å²) in [6, 6.07) is 0. The van der Waals surface area contributed by atoms with Crippen LogP contribution in [0.25, 0.3) is 22.3 Å². The predicted octanol–water partition coefficient (Wildman–Crippen LogP) is -3.34. The van der Waals surface area contributed by atoms with Crippen LogP contribution in [0.2, 0.25) is 0 Å². The number of nitrogens with two attached hydrogens (primary N) is 2. The van der Waals surface area contributed by atoms with Crippen LogP contribution >= 0.6 is 15.6 Å². The Morgan fingerprint density at radius 2 is 1.68 bits per heavy atom. The lowest BCUT2D eigenvalue weighted by Crippen LogP contribution is -2.38. The topological polar surface area (TPSA) is 363 Å². The molecule has 2 aliphatic heterocycles. The molecule has 0 spiro atoms. The standard InChI is InChI=1S/C20H27N11O14P2/c1-40-13-12(7(3-41-46(35,36)37)44-19(13)30-5-25-8-14(21)23-4-24-15(8)30)45-47(38,39)42-2-6-10(32)11(33)18(43-6)31-16-9(28-29-31)17(34)27-20(22)26-16/h4-7,10-13,18-19,32-33H,2-3H2,1H3,(H,38,39)(H2,21,23,24)(H2,35,36,37)(H3,22,26,27,34)/t6-,7-,10-,11-,12-,13-,18-,19-/m1/s1. The fourth-order valence-electron chi connectivity index (χ4n) is 5.12. The summed E-state index contributed by atoms with van der Waals surface area (Å²) >= 11 is 0. The highest BCUT2D eigenvalue weighted by Gasteiger charge is 2.52. The van der Waals surface area contributed by atoms with E-state index in [1.807, 2.05) is 0 Å². The van der Waals surface area contributed by atoms with Crippen molar-refractivity contribution in [3.05, 3.63) is 23.0 Å². The van der Waals surface area contributed by atoms with E-state index in [0.29, 0.717) is 0 Å². The number of phosphoric acid groups is 2. The normalized spacial score (nSPS) is 29.6. The van der Waals surface area contributed by atoms with Gasteiger partial charge in [0.05, 0.1) is 19.5 Å². The van der Waals surface area contributed by atoms with Crippen LogP contribution in [0.5, 0.6) is 0 Å². The highest BCUT2D eigenvalue weighted by atomic mass is 31.2. The molecule has 2 fully saturated rings. The highest BCUT2D eigenvalue weighted by molar-refractivity contribution is 7.47. The third kappa shape index (κ3) is 6.49. The number of nitrogen functional groups attached to an aromatic ring is 2. The summed E-state index contributed by atoms with van der Waals surface area (Å²) in [7, 11) is -8.98. The second-order valence-corrected chi connectivity index (χ2v) is 12.8. The summed E-state index contributed by atoms with van der Waals surface area (Å²) in [5, 5.41) is 28.6. The first-order valence-electron chi connectivity index (χ1n) is 13.3. The van der Waals surface area contributed by atoms with Crippen molar-refractivity contribution in [2.45, 2.75) is 49.1 Å². The van der Waals surface area contributed by atoms with Crippen LogP contribution in [-0.4, -0.2) is 126 Å². The van der Waals surface area contributed by atoms with Crippen LogP contribution in [0, 0.1) is 0 Å². The number of imidazole rings is 1. The van der Waals surface area contributed by atoms with Gasteiger partial charge in [0.15, 0.2) is 35.1 Å². The van der Waals surface area contributed by atoms with Gasteiger partial charge in [-0.15, -0.1) is 5.10 Å². The van der Waals surface area contributed by atoms with E-state index in [-0.39, 0.29) is 34.1 Å². The van der Waals surface area contributed by atoms with Crippen molar-refractivity contribution in [3.8, 4) is 0 Å². The zero-order valence-corrected chi connectivity index (χ0v) is 25.5. The number of nitrogens with zero attached hydrogens (tertiary/aromatic N) is 8. The average molecular weight is 707 g/mol. The quantitative estimate of drug-likeness (QED) is 0.0706. The Labute approximate surface area is 260 Å². The Kier molecular flexibility index (Phi) is 8.86. The Hall–Kier alpha value is -3.55. The Morgan fingerprint density at radius 1 is 0.957 bits per heavy atom. The second kappa shape index (κ2) is 12.5. The van der Waals surface area contributed by atoms with Crippen molar-refractivity contribution in [1.82, 2.24) is 44.5 Å². The lowest BCUT2D eigenvalue weighted by atomic mass is 10.1. The molecule has 2 aliphatic rings. The number of aliphatic hydroxyl groups is 2. The lowest BCUT2D eigenvalue weighted by molar-refractivity contribution is -0.0629. The molecular formula is C20H27N11O14P2. The van der Waals surface area contributed by atoms with E-state index >= 15 is 0 Å². The largest absolute Gasteiger partial charge is 0.472 e. The fraction of sp³-hybridized carbons (Fsp3) is 0.550. The van der Waals surface area contributed by atoms with Gasteiger partial charge in [-0.05, 0) is 0 Å². The van der Waals surface area contributed by atoms with Gasteiger partial charge in [-0.25, -0.2) is 24.1 Å². The maximum atomic E-state index is 13.2. The summed E-state index contributed by atoms with van der Waals surface area (Å²) in [5.74, 6) is -0.245. The minimum absolute atomic E-state index is 0.0397. The van der Waals surface area contributed by atoms with Crippen molar-refractivity contribution >= 4 is 49.7 Å². The van der Waals surface area contributed by atoms with E-state index in [2.05, 4.69) is 39.8 Å². The number of rotatable bonds is 11. The van der Waals surface area contributed by atoms with Crippen LogP contribution in [0.3, 0.4) is 0 Å². The predicted molar refractivity (Wildman–Crippen MR) is 149 cm³/mol. The second-order valence-electron chi connectivity index (χ2n) is 10.2. The first-order valence-corrected chi connectivity index (χ1v) is 16.3. The fourth-order valence-corrected chi connectivity index (χ4v) is 6.42. The van der Waals surface area contributed by atoms with Crippen molar-refractivity contribution in [2.24, 2.45) is 0 Å². The molecule has 4 aromatic heterocycles. The highest BCUT2D eigenvalue weighted by Crippen LogP contribution is 2.50. The molecule has 0 saturated carbocycles. The van der Waals surface area contributed by atoms with Gasteiger partial charge in [-0.2, -0.15) is 9.67 Å². The van der Waals surface area contributed by atoms with Crippen molar-refractivity contribution in [1.29, 1.82) is 0 Å². The van der Waals surface area contributed by atoms with Gasteiger partial charge in [0.25, 0.3) is 5.56 Å². The molecule has 0 aliphatic carbocycles. The molecule has 47 heavy (non-hydrogen) atoms. The number of aromatic amines is 1. The van der Waals surface area contributed by atoms with Crippen LogP contribution in [0.4, 0.5) is 11.8 Å². The molecule has 0 radical (unpaired) electrons. The van der Waals surface area contributed by atoms with E-state index in [1.165, 1.54) is 18.0 Å². The molecular weight excluding hydrogens is 680 g/mol. The maximum Gasteiger partial charge on any atom is 0.472 e. The number of fused-ring (bicyclic) bond motifs is 2. The summed E-state index contributed by atoms with van der Waals surface area (Å²) in [5.41, 5.74) is 10.7. The number of aliphatic hydroxyl groups excluding tert-OH is 2. The van der Waals surface area contributed by atoms with Crippen LogP contribution in [0.15, 0.2) is 17.4 Å². The summed E-state index contributed by atoms with van der Waals surface area (Å²) in [4.78, 5) is 59.5. The zero-order valence-electron chi connectivity index (χ0n) is 23.7. The molecule has 1 unspecified atom stereocenters. The van der Waals surface area contributed by atoms with Crippen molar-refractivity contribution in [2.75, 3.05) is 31.8 Å². The number of aromatic nitrogens is 9. The molecule has 6 heterocycles. The Bertz CT molecular complexity index is 1930. The minimum atomic E-state index is -5.15. The van der Waals surface area contributed by atoms with E-state index < -0.39 is 83.5 Å². The van der Waals surface area contributed by atoms with E-state index in [4.69, 9.17) is 34.7 Å². The SMILES string of the molecule is CO[C@@H]1[C@H](OP(=O)(O)OC[C@H]2O[C@@H](n3nnc4c(=O)[nH]c(N)nc43)[C@H](O)[C@@H]2O)[C@@H](COP(=O)(O)O)O[C@H]1n1cnc2c(N)ncnc21. The van der Waals surface area contributed by atoms with Crippen molar-refractivity contribution < 1.29 is 61.8 Å². The molecule has 27 heteroatoms. The zero-order chi connectivity index (χ0) is 33.8. The number of nitrogens with one attached hydrogen (secondary N) is 1. The molecule has 6 rings (SSSR count). The minimum Gasteiger partial charge on any atom is -0.387 e. The summed E-state index contributed by atoms with van der Waals surface area (Å²) in [6.45, 7) is -1.67. The molecule has 256 valence electrons. The Morgan fingerprint density at radius 3 is 2.40 bits per heavy atom. The number of ether oxygens (including phenoxy) is 3. The molecule has 4 aromatic rings. The van der Waals surface area contributed by atoms with E-state index in [0.717, 1.165) is 11.0 Å². The van der Waals surface area contributed by atoms with Gasteiger partial charge >= 0.3 is 15.6 Å². The number of hydrogen-bond donors (Lipinski definition) is 8. The van der Waals surface area contributed by atoms with Gasteiger partial charge in [0.1, 0.15) is 48.5 Å². The van der Waals surface area contributed by atoms with Gasteiger partial charge in [-0.3, -0.25) is 27.9 Å². The van der Waals surface area contributed by atoms with Gasteiger partial charge < -0.3 is 50.6 Å². The molecule has 25 nitrogen and oxygen atoms in total. The molecule has 10 N–H and O–H groups in total. The monoisotopic (exact) mass is 707 g/mol. The van der Waals surface area contributed by atoms with E-state index in [9.17, 15) is 38.8 Å². The van der Waals surface area contributed by atoms with Crippen LogP contribution in [-0.2, 0) is 36.9 Å². The van der Waals surface area contributed by atoms with E-state index in [1.54, 1.807) is 0 Å². The third-order valence-corrected chi connectivity index (χ3v) is 8.68. The summed E-state index contributed by atoms with van der Waals surface area (Å²) < 4.78 is 58.9. The molecule has 0 amide bonds. The van der Waals surface area contributed by atoms with Gasteiger partial charge in [0.2, 0.25) is 5.95 Å². The third-order valence-electron chi connectivity index (χ3n) is 7.21. The molecule has 9 atom stereocenters. The van der Waals surface area contributed by atoms with Gasteiger partial charge in [0, 0.05) is 7.11 Å². The van der Waals surface area contributed by atoms with Crippen LogP contribution < -0.4 is 17.0 Å². The number of phosphoric ester groups is 2. The summed E-state index contributed by atoms with van der Waals surface area (Å²) in [6.07, 6.45) is -9.41. The Balaban J connectivity index is 1.20. The number of hydrogen-bond acceptors (Lipinski definition) is 19. The maximum absolute atomic E-state index is 13.2. The molecule has 0 aromatic carbocycles. The number of methoxy groups -OCH3 is 1. The van der Waals surface area contributed by atoms with Gasteiger partial charge in [-0.1, -0.05) is 5.21 Å². The first kappa shape index (κ1) is 33.4. The van der Waals surface area contributed by atoms with Crippen LogP contribution in [0.1, 0.15) is 12.5 Å². The van der Waals surface area contributed by atoms with Crippen molar-refractivity contribution in [3.63, 3.8) is 0 Å². The smallest absolute Gasteiger partial charge is 0.387 e. The number of H-pyrrole nitrogens is 1. The average Bonchev–Trinajstić information content (AvgIpc) is 3.75. The molecule has 2 saturated heterocycles.